The fraction of sp³-hybridized carbons (Fsp3) is 0.571. The highest BCUT2D eigenvalue weighted by Crippen LogP contribution is 2.25. The van der Waals surface area contributed by atoms with Gasteiger partial charge in [-0.3, -0.25) is 4.90 Å². The van der Waals surface area contributed by atoms with Crippen molar-refractivity contribution in [2.75, 3.05) is 26.3 Å². The molecule has 1 aliphatic rings. The van der Waals surface area contributed by atoms with Gasteiger partial charge in [-0.2, -0.15) is 0 Å². The lowest BCUT2D eigenvalue weighted by Gasteiger charge is -2.40. The van der Waals surface area contributed by atoms with Crippen molar-refractivity contribution in [3.8, 4) is 0 Å². The number of nitrogens with two attached hydrogens (primary N) is 1. The zero-order valence-corrected chi connectivity index (χ0v) is 10.8. The number of benzene rings is 1. The van der Waals surface area contributed by atoms with E-state index in [0.29, 0.717) is 12.6 Å². The van der Waals surface area contributed by atoms with E-state index in [9.17, 15) is 4.39 Å². The Morgan fingerprint density at radius 2 is 2.39 bits per heavy atom. The van der Waals surface area contributed by atoms with Crippen LogP contribution in [-0.2, 0) is 4.74 Å². The molecule has 18 heavy (non-hydrogen) atoms. The molecule has 0 amide bonds. The van der Waals surface area contributed by atoms with Crippen molar-refractivity contribution in [3.63, 3.8) is 0 Å². The van der Waals surface area contributed by atoms with Gasteiger partial charge in [0.05, 0.1) is 13.2 Å². The number of halogens is 1. The maximum absolute atomic E-state index is 13.3. The van der Waals surface area contributed by atoms with Crippen LogP contribution in [0, 0.1) is 5.82 Å². The Bertz CT molecular complexity index is 386. The highest BCUT2D eigenvalue weighted by Gasteiger charge is 2.28. The second-order valence-corrected chi connectivity index (χ2v) is 4.68. The van der Waals surface area contributed by atoms with E-state index in [0.717, 1.165) is 31.7 Å². The van der Waals surface area contributed by atoms with Crippen molar-refractivity contribution in [1.29, 1.82) is 0 Å². The molecule has 0 aromatic heterocycles. The van der Waals surface area contributed by atoms with Crippen LogP contribution in [0.2, 0.25) is 0 Å². The quantitative estimate of drug-likeness (QED) is 0.890. The average molecular weight is 252 g/mol. The zero-order valence-electron chi connectivity index (χ0n) is 10.8. The highest BCUT2D eigenvalue weighted by atomic mass is 19.1. The number of hydrogen-bond donors (Lipinski definition) is 1. The molecule has 1 aromatic carbocycles. The SMILES string of the molecule is CCC1COCCN1C(CN)c1cccc(F)c1. The standard InChI is InChI=1S/C14H21FN2O/c1-2-13-10-18-7-6-17(13)14(9-16)11-4-3-5-12(15)8-11/h3-5,8,13-14H,2,6-7,9-10,16H2,1H3. The molecule has 0 bridgehead atoms. The minimum atomic E-state index is -0.202. The maximum Gasteiger partial charge on any atom is 0.123 e. The molecule has 1 aromatic rings. The van der Waals surface area contributed by atoms with Crippen molar-refractivity contribution in [3.05, 3.63) is 35.6 Å². The van der Waals surface area contributed by atoms with Crippen molar-refractivity contribution in [2.45, 2.75) is 25.4 Å². The van der Waals surface area contributed by atoms with E-state index < -0.39 is 0 Å². The molecule has 0 spiro atoms. The Kier molecular flexibility index (Phi) is 4.69. The topological polar surface area (TPSA) is 38.5 Å². The minimum Gasteiger partial charge on any atom is -0.378 e. The lowest BCUT2D eigenvalue weighted by Crippen LogP contribution is -2.48. The highest BCUT2D eigenvalue weighted by molar-refractivity contribution is 5.21. The molecule has 0 saturated carbocycles. The summed E-state index contributed by atoms with van der Waals surface area (Å²) in [7, 11) is 0. The van der Waals surface area contributed by atoms with Crippen LogP contribution < -0.4 is 5.73 Å². The van der Waals surface area contributed by atoms with Gasteiger partial charge in [-0.15, -0.1) is 0 Å². The number of morpholine rings is 1. The Morgan fingerprint density at radius 3 is 3.06 bits per heavy atom. The summed E-state index contributed by atoms with van der Waals surface area (Å²) in [4.78, 5) is 2.35. The van der Waals surface area contributed by atoms with Crippen molar-refractivity contribution >= 4 is 0 Å². The molecule has 1 fully saturated rings. The molecule has 1 heterocycles. The van der Waals surface area contributed by atoms with Gasteiger partial charge in [0.1, 0.15) is 5.82 Å². The third-order valence-corrected chi connectivity index (χ3v) is 3.60. The van der Waals surface area contributed by atoms with Crippen LogP contribution >= 0.6 is 0 Å². The first kappa shape index (κ1) is 13.5. The summed E-state index contributed by atoms with van der Waals surface area (Å²) in [5.74, 6) is -0.202. The molecule has 100 valence electrons. The number of ether oxygens (including phenoxy) is 1. The third kappa shape index (κ3) is 2.88. The fourth-order valence-electron chi connectivity index (χ4n) is 2.61. The second kappa shape index (κ2) is 6.27. The summed E-state index contributed by atoms with van der Waals surface area (Å²) in [5.41, 5.74) is 6.85. The van der Waals surface area contributed by atoms with E-state index in [1.165, 1.54) is 6.07 Å². The van der Waals surface area contributed by atoms with Crippen molar-refractivity contribution in [2.24, 2.45) is 5.73 Å². The predicted octanol–water partition coefficient (Wildman–Crippen LogP) is 1.94. The lowest BCUT2D eigenvalue weighted by molar-refractivity contribution is -0.0291. The van der Waals surface area contributed by atoms with Gasteiger partial charge < -0.3 is 10.5 Å². The van der Waals surface area contributed by atoms with Gasteiger partial charge in [-0.1, -0.05) is 19.1 Å². The Labute approximate surface area is 108 Å². The Morgan fingerprint density at radius 1 is 1.56 bits per heavy atom. The van der Waals surface area contributed by atoms with Crippen LogP contribution in [0.1, 0.15) is 24.9 Å². The first-order chi connectivity index (χ1) is 8.76. The molecular weight excluding hydrogens is 231 g/mol. The monoisotopic (exact) mass is 252 g/mol. The molecule has 2 atom stereocenters. The number of nitrogens with zero attached hydrogens (tertiary/aromatic N) is 1. The third-order valence-electron chi connectivity index (χ3n) is 3.60. The Hall–Kier alpha value is -0.970. The van der Waals surface area contributed by atoms with Crippen molar-refractivity contribution < 1.29 is 9.13 Å². The first-order valence-corrected chi connectivity index (χ1v) is 6.55. The number of hydrogen-bond acceptors (Lipinski definition) is 3. The molecule has 1 aliphatic heterocycles. The van der Waals surface area contributed by atoms with E-state index >= 15 is 0 Å². The summed E-state index contributed by atoms with van der Waals surface area (Å²) >= 11 is 0. The van der Waals surface area contributed by atoms with E-state index in [4.69, 9.17) is 10.5 Å². The summed E-state index contributed by atoms with van der Waals surface area (Å²) in [6, 6.07) is 7.19. The van der Waals surface area contributed by atoms with Crippen molar-refractivity contribution in [1.82, 2.24) is 4.90 Å². The summed E-state index contributed by atoms with van der Waals surface area (Å²) in [6.45, 7) is 4.97. The minimum absolute atomic E-state index is 0.0783. The van der Waals surface area contributed by atoms with E-state index in [2.05, 4.69) is 11.8 Å². The van der Waals surface area contributed by atoms with Crippen LogP contribution in [0.3, 0.4) is 0 Å². The van der Waals surface area contributed by atoms with Gasteiger partial charge in [0.25, 0.3) is 0 Å². The largest absolute Gasteiger partial charge is 0.378 e. The number of rotatable bonds is 4. The van der Waals surface area contributed by atoms with Gasteiger partial charge in [0, 0.05) is 25.2 Å². The lowest BCUT2D eigenvalue weighted by atomic mass is 10.0. The van der Waals surface area contributed by atoms with Crippen LogP contribution in [0.15, 0.2) is 24.3 Å². The second-order valence-electron chi connectivity index (χ2n) is 4.68. The molecule has 0 aliphatic carbocycles. The summed E-state index contributed by atoms with van der Waals surface area (Å²) < 4.78 is 18.8. The van der Waals surface area contributed by atoms with E-state index in [-0.39, 0.29) is 11.9 Å². The van der Waals surface area contributed by atoms with Crippen LogP contribution in [0.25, 0.3) is 0 Å². The molecule has 4 heteroatoms. The average Bonchev–Trinajstić information content (AvgIpc) is 2.40. The predicted molar refractivity (Wildman–Crippen MR) is 69.8 cm³/mol. The molecular formula is C14H21FN2O. The van der Waals surface area contributed by atoms with Crippen LogP contribution in [-0.4, -0.2) is 37.2 Å². The van der Waals surface area contributed by atoms with Gasteiger partial charge in [-0.25, -0.2) is 4.39 Å². The maximum atomic E-state index is 13.3. The fourth-order valence-corrected chi connectivity index (χ4v) is 2.61. The van der Waals surface area contributed by atoms with Crippen LogP contribution in [0.4, 0.5) is 4.39 Å². The summed E-state index contributed by atoms with van der Waals surface area (Å²) in [5, 5.41) is 0. The normalized spacial score (nSPS) is 22.9. The molecule has 0 radical (unpaired) electrons. The van der Waals surface area contributed by atoms with Gasteiger partial charge in [-0.05, 0) is 24.1 Å². The van der Waals surface area contributed by atoms with Gasteiger partial charge in [0.15, 0.2) is 0 Å². The Balaban J connectivity index is 2.21. The zero-order chi connectivity index (χ0) is 13.0. The first-order valence-electron chi connectivity index (χ1n) is 6.55. The van der Waals surface area contributed by atoms with Crippen LogP contribution in [0.5, 0.6) is 0 Å². The molecule has 2 N–H and O–H groups in total. The van der Waals surface area contributed by atoms with Gasteiger partial charge in [0.2, 0.25) is 0 Å². The smallest absolute Gasteiger partial charge is 0.123 e. The molecule has 2 unspecified atom stereocenters. The summed E-state index contributed by atoms with van der Waals surface area (Å²) in [6.07, 6.45) is 1.02. The molecule has 1 saturated heterocycles. The van der Waals surface area contributed by atoms with E-state index in [1.54, 1.807) is 12.1 Å². The molecule has 2 rings (SSSR count). The van der Waals surface area contributed by atoms with E-state index in [1.807, 2.05) is 6.07 Å². The van der Waals surface area contributed by atoms with Gasteiger partial charge >= 0.3 is 0 Å². The molecule has 3 nitrogen and oxygen atoms in total.